The van der Waals surface area contributed by atoms with Gasteiger partial charge in [-0.05, 0) is 38.0 Å². The second-order valence-corrected chi connectivity index (χ2v) is 10.6. The van der Waals surface area contributed by atoms with Crippen LogP contribution in [0.15, 0.2) is 41.7 Å². The van der Waals surface area contributed by atoms with Crippen molar-refractivity contribution >= 4 is 45.7 Å². The third kappa shape index (κ3) is 3.83. The fourth-order valence-corrected chi connectivity index (χ4v) is 6.11. The molecule has 3 aliphatic heterocycles. The van der Waals surface area contributed by atoms with Crippen LogP contribution in [0.25, 0.3) is 4.96 Å². The number of fused-ring (bicyclic) bond motifs is 2. The molecule has 3 aliphatic rings. The number of anilines is 1. The van der Waals surface area contributed by atoms with E-state index in [1.807, 2.05) is 64.7 Å². The van der Waals surface area contributed by atoms with Crippen LogP contribution < -0.4 is 10.2 Å². The number of imidazole rings is 1. The Morgan fingerprint density at radius 3 is 2.61 bits per heavy atom. The molecule has 11 heteroatoms. The highest BCUT2D eigenvalue weighted by Crippen LogP contribution is 2.29. The third-order valence-corrected chi connectivity index (χ3v) is 7.90. The number of nitrogens with zero attached hydrogens (tertiary/aromatic N) is 6. The molecule has 186 valence electrons. The van der Waals surface area contributed by atoms with Crippen molar-refractivity contribution in [3.05, 3.63) is 52.8 Å². The Hall–Kier alpha value is -3.73. The van der Waals surface area contributed by atoms with Crippen LogP contribution in [-0.2, 0) is 22.6 Å². The van der Waals surface area contributed by atoms with Gasteiger partial charge >= 0.3 is 6.03 Å². The minimum atomic E-state index is -0.608. The first kappa shape index (κ1) is 22.7. The zero-order valence-corrected chi connectivity index (χ0v) is 21.0. The third-order valence-electron chi connectivity index (χ3n) is 6.99. The summed E-state index contributed by atoms with van der Waals surface area (Å²) >= 11 is 1.62. The predicted octanol–water partition coefficient (Wildman–Crippen LogP) is 2.55. The minimum Gasteiger partial charge on any atom is -0.340 e. The molecule has 2 fully saturated rings. The number of amidine groups is 1. The lowest BCUT2D eigenvalue weighted by atomic mass is 10.1. The van der Waals surface area contributed by atoms with Crippen LogP contribution in [0.2, 0.25) is 0 Å². The zero-order valence-electron chi connectivity index (χ0n) is 20.2. The van der Waals surface area contributed by atoms with Gasteiger partial charge in [0.2, 0.25) is 5.91 Å². The molecule has 2 unspecified atom stereocenters. The summed E-state index contributed by atoms with van der Waals surface area (Å²) in [6.07, 6.45) is 5.39. The first-order valence-electron chi connectivity index (χ1n) is 12.2. The summed E-state index contributed by atoms with van der Waals surface area (Å²) in [6.45, 7) is 5.58. The van der Waals surface area contributed by atoms with E-state index >= 15 is 0 Å². The van der Waals surface area contributed by atoms with Crippen molar-refractivity contribution in [3.8, 4) is 0 Å². The van der Waals surface area contributed by atoms with Crippen molar-refractivity contribution < 1.29 is 14.4 Å². The van der Waals surface area contributed by atoms with E-state index in [-0.39, 0.29) is 11.8 Å². The van der Waals surface area contributed by atoms with Crippen molar-refractivity contribution in [2.45, 2.75) is 51.9 Å². The predicted molar refractivity (Wildman–Crippen MR) is 136 cm³/mol. The van der Waals surface area contributed by atoms with E-state index in [1.54, 1.807) is 16.2 Å². The Labute approximate surface area is 212 Å². The Bertz CT molecular complexity index is 1360. The van der Waals surface area contributed by atoms with Gasteiger partial charge in [0.05, 0.1) is 5.69 Å². The molecule has 5 heterocycles. The molecule has 0 aliphatic carbocycles. The molecule has 3 aromatic rings. The Morgan fingerprint density at radius 2 is 1.92 bits per heavy atom. The van der Waals surface area contributed by atoms with E-state index in [0.717, 1.165) is 40.7 Å². The number of imide groups is 1. The number of rotatable bonds is 6. The fraction of sp³-hybridized carbons (Fsp3) is 0.400. The molecule has 0 saturated carbocycles. The van der Waals surface area contributed by atoms with Crippen LogP contribution in [0.3, 0.4) is 0 Å². The topological polar surface area (TPSA) is 103 Å². The largest absolute Gasteiger partial charge is 0.340 e. The lowest BCUT2D eigenvalue weighted by molar-refractivity contribution is -0.127. The Morgan fingerprint density at radius 1 is 1.11 bits per heavy atom. The number of aliphatic imine (C=N–C) groups is 1. The number of carbonyl (C=O) groups excluding carboxylic acids is 3. The van der Waals surface area contributed by atoms with E-state index in [1.165, 1.54) is 4.88 Å². The second kappa shape index (κ2) is 8.74. The summed E-state index contributed by atoms with van der Waals surface area (Å²) < 4.78 is 2.01. The van der Waals surface area contributed by atoms with Gasteiger partial charge in [0.25, 0.3) is 5.91 Å². The number of aryl methyl sites for hydroxylation is 1. The SMILES string of the molecule is CCN1C(=O)NC(=O)C2C1N=C(Cc1cn3cc(C)sc3n1)N2Cc1ccc(N2CCCC2=O)cc1. The van der Waals surface area contributed by atoms with Gasteiger partial charge < -0.3 is 9.80 Å². The number of thiazole rings is 1. The number of carbonyl (C=O) groups is 3. The van der Waals surface area contributed by atoms with Gasteiger partial charge in [-0.2, -0.15) is 0 Å². The number of nitrogens with one attached hydrogen (secondary N) is 1. The lowest BCUT2D eigenvalue weighted by Crippen LogP contribution is -2.64. The van der Waals surface area contributed by atoms with Gasteiger partial charge in [-0.15, -0.1) is 11.3 Å². The van der Waals surface area contributed by atoms with Crippen molar-refractivity contribution in [1.82, 2.24) is 24.5 Å². The monoisotopic (exact) mass is 505 g/mol. The first-order chi connectivity index (χ1) is 17.4. The zero-order chi connectivity index (χ0) is 25.0. The molecule has 6 rings (SSSR count). The molecule has 10 nitrogen and oxygen atoms in total. The molecule has 1 N–H and O–H groups in total. The first-order valence-corrected chi connectivity index (χ1v) is 13.0. The lowest BCUT2D eigenvalue weighted by Gasteiger charge is -2.37. The molecule has 2 aromatic heterocycles. The number of likely N-dealkylation sites (N-methyl/N-ethyl adjacent to an activating group) is 1. The molecular weight excluding hydrogens is 478 g/mol. The maximum absolute atomic E-state index is 13.0. The highest BCUT2D eigenvalue weighted by Gasteiger charge is 2.49. The van der Waals surface area contributed by atoms with Crippen molar-refractivity contribution in [2.24, 2.45) is 4.99 Å². The molecule has 0 radical (unpaired) electrons. The van der Waals surface area contributed by atoms with Gasteiger partial charge in [-0.3, -0.25) is 24.2 Å². The number of aromatic nitrogens is 2. The molecule has 2 saturated heterocycles. The van der Waals surface area contributed by atoms with E-state index < -0.39 is 18.2 Å². The molecule has 36 heavy (non-hydrogen) atoms. The van der Waals surface area contributed by atoms with Crippen LogP contribution in [0, 0.1) is 6.92 Å². The Balaban J connectivity index is 1.30. The summed E-state index contributed by atoms with van der Waals surface area (Å²) in [5.74, 6) is 0.543. The quantitative estimate of drug-likeness (QED) is 0.555. The highest BCUT2D eigenvalue weighted by atomic mass is 32.1. The summed E-state index contributed by atoms with van der Waals surface area (Å²) in [4.78, 5) is 54.7. The number of urea groups is 1. The fourth-order valence-electron chi connectivity index (χ4n) is 5.28. The van der Waals surface area contributed by atoms with Crippen LogP contribution in [0.5, 0.6) is 0 Å². The molecule has 0 spiro atoms. The van der Waals surface area contributed by atoms with Gasteiger partial charge in [-0.25, -0.2) is 14.8 Å². The van der Waals surface area contributed by atoms with Crippen molar-refractivity contribution in [2.75, 3.05) is 18.0 Å². The maximum atomic E-state index is 13.0. The molecule has 4 amide bonds. The normalized spacial score (nSPS) is 22.0. The summed E-state index contributed by atoms with van der Waals surface area (Å²) in [6, 6.07) is 6.87. The van der Waals surface area contributed by atoms with E-state index in [4.69, 9.17) is 9.98 Å². The average Bonchev–Trinajstić information content (AvgIpc) is 3.59. The molecule has 2 atom stereocenters. The number of hydrogen-bond donors (Lipinski definition) is 1. The second-order valence-electron chi connectivity index (χ2n) is 9.37. The van der Waals surface area contributed by atoms with Gasteiger partial charge in [0, 0.05) is 55.4 Å². The van der Waals surface area contributed by atoms with Crippen LogP contribution in [0.4, 0.5) is 10.5 Å². The van der Waals surface area contributed by atoms with Crippen LogP contribution in [0.1, 0.15) is 35.9 Å². The number of hydrogen-bond acceptors (Lipinski definition) is 7. The van der Waals surface area contributed by atoms with Crippen LogP contribution >= 0.6 is 11.3 Å². The number of benzene rings is 1. The van der Waals surface area contributed by atoms with E-state index in [0.29, 0.717) is 25.9 Å². The highest BCUT2D eigenvalue weighted by molar-refractivity contribution is 7.16. The maximum Gasteiger partial charge on any atom is 0.325 e. The smallest absolute Gasteiger partial charge is 0.325 e. The van der Waals surface area contributed by atoms with E-state index in [2.05, 4.69) is 5.32 Å². The standard InChI is InChI=1S/C25H27N7O3S/c1-3-30-22-21(23(34)28-24(30)35)32(13-16-6-8-18(9-7-16)31-10-4-5-20(31)33)19(27-22)11-17-14-29-12-15(2)36-25(29)26-17/h6-9,12,14,21-22H,3-5,10-11,13H2,1-2H3,(H,28,34,35). The minimum absolute atomic E-state index is 0.151. The summed E-state index contributed by atoms with van der Waals surface area (Å²) in [5.41, 5.74) is 2.75. The van der Waals surface area contributed by atoms with Crippen molar-refractivity contribution in [1.29, 1.82) is 0 Å². The summed E-state index contributed by atoms with van der Waals surface area (Å²) in [7, 11) is 0. The van der Waals surface area contributed by atoms with E-state index in [9.17, 15) is 14.4 Å². The van der Waals surface area contributed by atoms with Crippen LogP contribution in [-0.4, -0.2) is 68.2 Å². The molecule has 1 aromatic carbocycles. The van der Waals surface area contributed by atoms with Gasteiger partial charge in [0.15, 0.2) is 17.2 Å². The summed E-state index contributed by atoms with van der Waals surface area (Å²) in [5, 5.41) is 2.50. The average molecular weight is 506 g/mol. The number of amides is 4. The van der Waals surface area contributed by atoms with Crippen molar-refractivity contribution in [3.63, 3.8) is 0 Å². The van der Waals surface area contributed by atoms with Gasteiger partial charge in [0.1, 0.15) is 5.84 Å². The molecule has 0 bridgehead atoms. The molecular formula is C25H27N7O3S. The van der Waals surface area contributed by atoms with Gasteiger partial charge in [-0.1, -0.05) is 12.1 Å². The Kier molecular flexibility index (Phi) is 5.51.